The number of benzene rings is 1. The molecular formula is C23H25N5O. The van der Waals surface area contributed by atoms with E-state index in [9.17, 15) is 4.79 Å². The fourth-order valence-electron chi connectivity index (χ4n) is 3.44. The molecule has 29 heavy (non-hydrogen) atoms. The summed E-state index contributed by atoms with van der Waals surface area (Å²) in [5.41, 5.74) is 4.74. The molecule has 2 aromatic heterocycles. The fourth-order valence-corrected chi connectivity index (χ4v) is 3.44. The van der Waals surface area contributed by atoms with E-state index in [1.165, 1.54) is 5.69 Å². The smallest absolute Gasteiger partial charge is 0.253 e. The molecule has 1 fully saturated rings. The minimum Gasteiger partial charge on any atom is -0.369 e. The molecule has 1 saturated heterocycles. The Kier molecular flexibility index (Phi) is 5.81. The molecule has 0 bridgehead atoms. The monoisotopic (exact) mass is 387 g/mol. The molecule has 0 unspecified atom stereocenters. The number of amides is 1. The minimum atomic E-state index is -0.141. The SMILES string of the molecule is CN1CCN(c2ccc(-c3cncc(C(=O)NCc4cccnc4)c3)cc2)CC1. The lowest BCUT2D eigenvalue weighted by molar-refractivity contribution is 0.0950. The molecule has 3 heterocycles. The first kappa shape index (κ1) is 19.1. The summed E-state index contributed by atoms with van der Waals surface area (Å²) < 4.78 is 0. The molecular weight excluding hydrogens is 362 g/mol. The Morgan fingerprint density at radius 1 is 0.966 bits per heavy atom. The second-order valence-corrected chi connectivity index (χ2v) is 7.34. The maximum Gasteiger partial charge on any atom is 0.253 e. The van der Waals surface area contributed by atoms with E-state index in [1.807, 2.05) is 18.2 Å². The van der Waals surface area contributed by atoms with E-state index in [0.717, 1.165) is 42.9 Å². The van der Waals surface area contributed by atoms with Crippen LogP contribution in [0.3, 0.4) is 0 Å². The largest absolute Gasteiger partial charge is 0.369 e. The zero-order valence-electron chi connectivity index (χ0n) is 16.6. The number of carbonyl (C=O) groups is 1. The Morgan fingerprint density at radius 3 is 2.48 bits per heavy atom. The Morgan fingerprint density at radius 2 is 1.76 bits per heavy atom. The lowest BCUT2D eigenvalue weighted by Crippen LogP contribution is -2.44. The summed E-state index contributed by atoms with van der Waals surface area (Å²) in [6, 6.07) is 14.2. The molecule has 3 aromatic rings. The maximum absolute atomic E-state index is 12.5. The summed E-state index contributed by atoms with van der Waals surface area (Å²) in [6.07, 6.45) is 6.86. The van der Waals surface area contributed by atoms with Gasteiger partial charge >= 0.3 is 0 Å². The highest BCUT2D eigenvalue weighted by Crippen LogP contribution is 2.24. The number of pyridine rings is 2. The standard InChI is InChI=1S/C23H25N5O/c1-27-9-11-28(12-10-27)22-6-4-19(5-7-22)20-13-21(17-25-16-20)23(29)26-15-18-3-2-8-24-14-18/h2-8,13-14,16-17H,9-12,15H2,1H3,(H,26,29). The van der Waals surface area contributed by atoms with Crippen molar-refractivity contribution in [3.05, 3.63) is 78.4 Å². The average Bonchev–Trinajstić information content (AvgIpc) is 2.79. The Hall–Kier alpha value is -3.25. The van der Waals surface area contributed by atoms with Crippen molar-refractivity contribution in [2.45, 2.75) is 6.54 Å². The molecule has 0 saturated carbocycles. The van der Waals surface area contributed by atoms with Crippen LogP contribution in [0.5, 0.6) is 0 Å². The van der Waals surface area contributed by atoms with Gasteiger partial charge in [0.15, 0.2) is 0 Å². The number of likely N-dealkylation sites (N-methyl/N-ethyl adjacent to an activating group) is 1. The Bertz CT molecular complexity index is 951. The number of carbonyl (C=O) groups excluding carboxylic acids is 1. The number of nitrogens with one attached hydrogen (secondary N) is 1. The van der Waals surface area contributed by atoms with Crippen molar-refractivity contribution in [3.8, 4) is 11.1 Å². The van der Waals surface area contributed by atoms with Crippen molar-refractivity contribution in [2.24, 2.45) is 0 Å². The average molecular weight is 387 g/mol. The summed E-state index contributed by atoms with van der Waals surface area (Å²) in [6.45, 7) is 4.70. The summed E-state index contributed by atoms with van der Waals surface area (Å²) in [7, 11) is 2.16. The summed E-state index contributed by atoms with van der Waals surface area (Å²) in [5, 5.41) is 2.92. The third kappa shape index (κ3) is 4.78. The number of rotatable bonds is 5. The minimum absolute atomic E-state index is 0.141. The molecule has 148 valence electrons. The van der Waals surface area contributed by atoms with Gasteiger partial charge in [0.05, 0.1) is 5.56 Å². The van der Waals surface area contributed by atoms with Crippen LogP contribution in [0.4, 0.5) is 5.69 Å². The van der Waals surface area contributed by atoms with Gasteiger partial charge in [0.2, 0.25) is 0 Å². The van der Waals surface area contributed by atoms with E-state index in [1.54, 1.807) is 24.8 Å². The third-order valence-corrected chi connectivity index (χ3v) is 5.25. The maximum atomic E-state index is 12.5. The molecule has 0 spiro atoms. The lowest BCUT2D eigenvalue weighted by atomic mass is 10.0. The van der Waals surface area contributed by atoms with E-state index in [2.05, 4.69) is 56.4 Å². The topological polar surface area (TPSA) is 61.4 Å². The van der Waals surface area contributed by atoms with Gasteiger partial charge in [-0.3, -0.25) is 14.8 Å². The highest BCUT2D eigenvalue weighted by molar-refractivity contribution is 5.95. The zero-order chi connectivity index (χ0) is 20.1. The van der Waals surface area contributed by atoms with Crippen LogP contribution in [0.1, 0.15) is 15.9 Å². The molecule has 1 amide bonds. The summed E-state index contributed by atoms with van der Waals surface area (Å²) in [4.78, 5) is 25.6. The predicted molar refractivity (Wildman–Crippen MR) is 115 cm³/mol. The van der Waals surface area contributed by atoms with Crippen LogP contribution in [0.25, 0.3) is 11.1 Å². The van der Waals surface area contributed by atoms with Gasteiger partial charge in [-0.25, -0.2) is 0 Å². The zero-order valence-corrected chi connectivity index (χ0v) is 16.6. The Labute approximate surface area is 171 Å². The first-order valence-electron chi connectivity index (χ1n) is 9.85. The van der Waals surface area contributed by atoms with Gasteiger partial charge in [0, 0.05) is 68.8 Å². The number of anilines is 1. The van der Waals surface area contributed by atoms with Crippen LogP contribution in [0.2, 0.25) is 0 Å². The molecule has 6 heteroatoms. The molecule has 4 rings (SSSR count). The third-order valence-electron chi connectivity index (χ3n) is 5.25. The number of aromatic nitrogens is 2. The first-order chi connectivity index (χ1) is 14.2. The first-order valence-corrected chi connectivity index (χ1v) is 9.85. The molecule has 0 atom stereocenters. The van der Waals surface area contributed by atoms with Crippen molar-refractivity contribution in [2.75, 3.05) is 38.1 Å². The number of piperazine rings is 1. The molecule has 1 aromatic carbocycles. The van der Waals surface area contributed by atoms with Crippen LogP contribution in [-0.2, 0) is 6.54 Å². The number of hydrogen-bond acceptors (Lipinski definition) is 5. The molecule has 1 aliphatic rings. The van der Waals surface area contributed by atoms with E-state index in [4.69, 9.17) is 0 Å². The second-order valence-electron chi connectivity index (χ2n) is 7.34. The summed E-state index contributed by atoms with van der Waals surface area (Å²) in [5.74, 6) is -0.141. The van der Waals surface area contributed by atoms with Crippen LogP contribution in [-0.4, -0.2) is 54.0 Å². The molecule has 6 nitrogen and oxygen atoms in total. The quantitative estimate of drug-likeness (QED) is 0.729. The van der Waals surface area contributed by atoms with Gasteiger partial charge in [-0.05, 0) is 42.4 Å². The van der Waals surface area contributed by atoms with Crippen LogP contribution in [0, 0.1) is 0 Å². The molecule has 1 aliphatic heterocycles. The number of nitrogens with zero attached hydrogens (tertiary/aromatic N) is 4. The van der Waals surface area contributed by atoms with Crippen molar-refractivity contribution < 1.29 is 4.79 Å². The lowest BCUT2D eigenvalue weighted by Gasteiger charge is -2.34. The normalized spacial score (nSPS) is 14.6. The predicted octanol–water partition coefficient (Wildman–Crippen LogP) is 2.83. The van der Waals surface area contributed by atoms with Crippen molar-refractivity contribution in [3.63, 3.8) is 0 Å². The van der Waals surface area contributed by atoms with E-state index < -0.39 is 0 Å². The van der Waals surface area contributed by atoms with Crippen LogP contribution in [0.15, 0.2) is 67.3 Å². The molecule has 0 aliphatic carbocycles. The van der Waals surface area contributed by atoms with Crippen LogP contribution < -0.4 is 10.2 Å². The highest BCUT2D eigenvalue weighted by Gasteiger charge is 2.14. The highest BCUT2D eigenvalue weighted by atomic mass is 16.1. The van der Waals surface area contributed by atoms with Gasteiger partial charge in [0.1, 0.15) is 0 Å². The van der Waals surface area contributed by atoms with Crippen LogP contribution >= 0.6 is 0 Å². The van der Waals surface area contributed by atoms with E-state index in [-0.39, 0.29) is 5.91 Å². The van der Waals surface area contributed by atoms with E-state index in [0.29, 0.717) is 12.1 Å². The summed E-state index contributed by atoms with van der Waals surface area (Å²) >= 11 is 0. The molecule has 1 N–H and O–H groups in total. The fraction of sp³-hybridized carbons (Fsp3) is 0.261. The second kappa shape index (κ2) is 8.84. The van der Waals surface area contributed by atoms with Crippen molar-refractivity contribution in [1.82, 2.24) is 20.2 Å². The number of hydrogen-bond donors (Lipinski definition) is 1. The van der Waals surface area contributed by atoms with Gasteiger partial charge in [-0.2, -0.15) is 0 Å². The van der Waals surface area contributed by atoms with Crippen molar-refractivity contribution in [1.29, 1.82) is 0 Å². The van der Waals surface area contributed by atoms with Gasteiger partial charge < -0.3 is 15.1 Å². The van der Waals surface area contributed by atoms with E-state index >= 15 is 0 Å². The van der Waals surface area contributed by atoms with Crippen molar-refractivity contribution >= 4 is 11.6 Å². The Balaban J connectivity index is 1.43. The molecule has 0 radical (unpaired) electrons. The van der Waals surface area contributed by atoms with Gasteiger partial charge in [-0.15, -0.1) is 0 Å². The van der Waals surface area contributed by atoms with Gasteiger partial charge in [-0.1, -0.05) is 18.2 Å². The van der Waals surface area contributed by atoms with Gasteiger partial charge in [0.25, 0.3) is 5.91 Å².